The van der Waals surface area contributed by atoms with E-state index in [0.717, 1.165) is 18.3 Å². The number of rotatable bonds is 13. The number of benzene rings is 2. The Bertz CT molecular complexity index is 1660. The Morgan fingerprint density at radius 2 is 1.60 bits per heavy atom. The molecule has 3 N–H and O–H groups in total. The second kappa shape index (κ2) is 14.8. The smallest absolute Gasteiger partial charge is 0.421 e. The average molecular weight is 681 g/mol. The number of hydrogen-bond donors (Lipinski definition) is 3. The molecule has 1 unspecified atom stereocenters. The van der Waals surface area contributed by atoms with Gasteiger partial charge in [-0.15, -0.1) is 0 Å². The highest BCUT2D eigenvalue weighted by atomic mass is 19.4. The summed E-state index contributed by atoms with van der Waals surface area (Å²) in [5.41, 5.74) is -8.34. The maximum absolute atomic E-state index is 14.9. The highest BCUT2D eigenvalue weighted by Crippen LogP contribution is 2.42. The van der Waals surface area contributed by atoms with Crippen LogP contribution in [0.5, 0.6) is 11.5 Å². The molecule has 0 radical (unpaired) electrons. The van der Waals surface area contributed by atoms with E-state index < -0.39 is 64.4 Å². The number of carbonyl (C=O) groups excluding carboxylic acids is 2. The van der Waals surface area contributed by atoms with E-state index >= 15 is 0 Å². The highest BCUT2D eigenvalue weighted by molar-refractivity contribution is 5.96. The lowest BCUT2D eigenvalue weighted by molar-refractivity contribution is -0.269. The summed E-state index contributed by atoms with van der Waals surface area (Å²) in [7, 11) is 1.29. The first-order chi connectivity index (χ1) is 22.2. The fourth-order valence-electron chi connectivity index (χ4n) is 4.73. The van der Waals surface area contributed by atoms with Crippen molar-refractivity contribution < 1.29 is 51.6 Å². The molecule has 262 valence electrons. The van der Waals surface area contributed by atoms with Crippen molar-refractivity contribution in [3.05, 3.63) is 82.0 Å². The number of ether oxygens (including phenoxy) is 3. The minimum absolute atomic E-state index is 0.0421. The SMILES string of the molecule is COc1cc(C(=O)CCC(O)(c2cn(C(C)(C)CNC(=O)OC(C)(C)C)cc(-c3ccc(F)cc3)c2=O)C(F)(F)F)ccc1OCCO. The Morgan fingerprint density at radius 1 is 0.958 bits per heavy atom. The van der Waals surface area contributed by atoms with Crippen LogP contribution in [0.15, 0.2) is 59.7 Å². The molecular weight excluding hydrogens is 640 g/mol. The lowest BCUT2D eigenvalue weighted by atomic mass is 9.85. The number of methoxy groups -OCH3 is 1. The normalized spacial score (nSPS) is 13.4. The molecule has 2 aromatic carbocycles. The number of Topliss-reactive ketones (excluding diaryl/α,β-unsaturated/α-hetero) is 1. The van der Waals surface area contributed by atoms with Crippen LogP contribution in [0.25, 0.3) is 11.1 Å². The number of aliphatic hydroxyl groups is 2. The van der Waals surface area contributed by atoms with Crippen LogP contribution in [0.2, 0.25) is 0 Å². The number of amides is 1. The molecule has 48 heavy (non-hydrogen) atoms. The van der Waals surface area contributed by atoms with Crippen LogP contribution < -0.4 is 20.2 Å². The zero-order valence-corrected chi connectivity index (χ0v) is 27.5. The topological polar surface area (TPSA) is 136 Å². The van der Waals surface area contributed by atoms with Crippen LogP contribution in [0.4, 0.5) is 22.4 Å². The van der Waals surface area contributed by atoms with E-state index in [1.54, 1.807) is 34.6 Å². The number of alkyl carbamates (subject to hydrolysis) is 1. The lowest BCUT2D eigenvalue weighted by Crippen LogP contribution is -2.48. The van der Waals surface area contributed by atoms with Gasteiger partial charge >= 0.3 is 12.3 Å². The van der Waals surface area contributed by atoms with Gasteiger partial charge in [0.15, 0.2) is 28.3 Å². The Morgan fingerprint density at radius 3 is 2.17 bits per heavy atom. The molecule has 3 rings (SSSR count). The van der Waals surface area contributed by atoms with Crippen LogP contribution in [-0.4, -0.2) is 65.3 Å². The largest absolute Gasteiger partial charge is 0.493 e. The second-order valence-corrected chi connectivity index (χ2v) is 12.7. The fraction of sp³-hybridized carbons (Fsp3) is 0.441. The molecule has 0 bridgehead atoms. The molecule has 0 spiro atoms. The molecule has 10 nitrogen and oxygen atoms in total. The zero-order valence-electron chi connectivity index (χ0n) is 27.5. The van der Waals surface area contributed by atoms with Gasteiger partial charge in [-0.25, -0.2) is 9.18 Å². The van der Waals surface area contributed by atoms with E-state index in [1.807, 2.05) is 0 Å². The quantitative estimate of drug-likeness (QED) is 0.154. The third-order valence-corrected chi connectivity index (χ3v) is 7.41. The summed E-state index contributed by atoms with van der Waals surface area (Å²) in [6.07, 6.45) is -6.17. The zero-order chi connectivity index (χ0) is 36.1. The van der Waals surface area contributed by atoms with Crippen molar-refractivity contribution in [2.75, 3.05) is 26.9 Å². The van der Waals surface area contributed by atoms with E-state index in [1.165, 1.54) is 48.2 Å². The van der Waals surface area contributed by atoms with Gasteiger partial charge in [0.2, 0.25) is 0 Å². The van der Waals surface area contributed by atoms with Crippen molar-refractivity contribution in [2.45, 2.75) is 70.4 Å². The molecule has 1 heterocycles. The number of ketones is 1. The highest BCUT2D eigenvalue weighted by Gasteiger charge is 2.56. The number of aromatic nitrogens is 1. The van der Waals surface area contributed by atoms with Gasteiger partial charge in [-0.05, 0) is 76.9 Å². The number of carbonyl (C=O) groups is 2. The van der Waals surface area contributed by atoms with E-state index in [0.29, 0.717) is 0 Å². The summed E-state index contributed by atoms with van der Waals surface area (Å²) in [5.74, 6) is -1.15. The lowest BCUT2D eigenvalue weighted by Gasteiger charge is -2.34. The van der Waals surface area contributed by atoms with Gasteiger partial charge in [-0.2, -0.15) is 13.2 Å². The van der Waals surface area contributed by atoms with Crippen LogP contribution in [0, 0.1) is 5.82 Å². The van der Waals surface area contributed by atoms with Gasteiger partial charge < -0.3 is 34.3 Å². The molecule has 0 saturated heterocycles. The van der Waals surface area contributed by atoms with Crippen molar-refractivity contribution >= 4 is 11.9 Å². The van der Waals surface area contributed by atoms with Crippen LogP contribution in [-0.2, 0) is 15.9 Å². The summed E-state index contributed by atoms with van der Waals surface area (Å²) in [4.78, 5) is 39.3. The Hall–Kier alpha value is -4.43. The van der Waals surface area contributed by atoms with E-state index in [2.05, 4.69) is 5.32 Å². The number of hydrogen-bond acceptors (Lipinski definition) is 8. The standard InChI is InChI=1S/C34H40F4N2O8/c1-31(2,3)48-30(44)39-20-32(4,5)40-18-24(21-7-10-23(35)11-8-21)29(43)25(19-40)33(45,34(36,37)38)14-13-26(42)22-9-12-27(47-16-15-41)28(17-22)46-6/h7-12,17-19,41,45H,13-16,20H2,1-6H3,(H,39,44). The molecule has 0 aliphatic carbocycles. The Labute approximate surface area is 275 Å². The third-order valence-electron chi connectivity index (χ3n) is 7.41. The Kier molecular flexibility index (Phi) is 11.7. The molecule has 1 amide bonds. The first-order valence-corrected chi connectivity index (χ1v) is 15.0. The summed E-state index contributed by atoms with van der Waals surface area (Å²) in [6.45, 7) is 7.59. The summed E-state index contributed by atoms with van der Waals surface area (Å²) in [5, 5.41) is 22.9. The molecule has 14 heteroatoms. The molecule has 0 saturated carbocycles. The molecule has 1 atom stereocenters. The van der Waals surface area contributed by atoms with Crippen molar-refractivity contribution in [1.29, 1.82) is 0 Å². The van der Waals surface area contributed by atoms with Crippen molar-refractivity contribution in [2.24, 2.45) is 0 Å². The predicted octanol–water partition coefficient (Wildman–Crippen LogP) is 5.71. The van der Waals surface area contributed by atoms with Crippen LogP contribution in [0.1, 0.15) is 63.4 Å². The van der Waals surface area contributed by atoms with Gasteiger partial charge in [-0.1, -0.05) is 12.1 Å². The number of aliphatic hydroxyl groups excluding tert-OH is 1. The summed E-state index contributed by atoms with van der Waals surface area (Å²) in [6, 6.07) is 8.40. The van der Waals surface area contributed by atoms with E-state index in [-0.39, 0.29) is 47.9 Å². The number of nitrogens with zero attached hydrogens (tertiary/aromatic N) is 1. The number of alkyl halides is 3. The minimum atomic E-state index is -5.43. The maximum atomic E-state index is 14.9. The maximum Gasteiger partial charge on any atom is 0.421 e. The molecule has 3 aromatic rings. The molecule has 0 aliphatic rings. The van der Waals surface area contributed by atoms with Gasteiger partial charge in [0.05, 0.1) is 24.8 Å². The first kappa shape index (κ1) is 38.0. The van der Waals surface area contributed by atoms with E-state index in [4.69, 9.17) is 19.3 Å². The van der Waals surface area contributed by atoms with Crippen molar-refractivity contribution in [3.8, 4) is 22.6 Å². The van der Waals surface area contributed by atoms with Gasteiger partial charge in [0.25, 0.3) is 0 Å². The second-order valence-electron chi connectivity index (χ2n) is 12.7. The minimum Gasteiger partial charge on any atom is -0.493 e. The van der Waals surface area contributed by atoms with Gasteiger partial charge in [0, 0.05) is 36.5 Å². The third kappa shape index (κ3) is 9.13. The Balaban J connectivity index is 2.09. The van der Waals surface area contributed by atoms with Crippen molar-refractivity contribution in [3.63, 3.8) is 0 Å². The number of halogens is 4. The fourth-order valence-corrected chi connectivity index (χ4v) is 4.73. The molecule has 1 aromatic heterocycles. The summed E-state index contributed by atoms with van der Waals surface area (Å²) < 4.78 is 75.3. The number of nitrogens with one attached hydrogen (secondary N) is 1. The molecule has 0 aliphatic heterocycles. The first-order valence-electron chi connectivity index (χ1n) is 15.0. The number of pyridine rings is 1. The van der Waals surface area contributed by atoms with Crippen molar-refractivity contribution in [1.82, 2.24) is 9.88 Å². The monoisotopic (exact) mass is 680 g/mol. The molecular formula is C34H40F4N2O8. The summed E-state index contributed by atoms with van der Waals surface area (Å²) >= 11 is 0. The van der Waals surface area contributed by atoms with Gasteiger partial charge in [0.1, 0.15) is 18.0 Å². The predicted molar refractivity (Wildman–Crippen MR) is 169 cm³/mol. The van der Waals surface area contributed by atoms with Gasteiger partial charge in [-0.3, -0.25) is 9.59 Å². The van der Waals surface area contributed by atoms with E-state index in [9.17, 15) is 37.1 Å². The van der Waals surface area contributed by atoms with Crippen LogP contribution in [0.3, 0.4) is 0 Å². The average Bonchev–Trinajstić information content (AvgIpc) is 3.00. The van der Waals surface area contributed by atoms with Crippen LogP contribution >= 0.6 is 0 Å². The molecule has 0 fully saturated rings.